The molecule has 1 fully saturated rings. The number of hydrogen-bond acceptors (Lipinski definition) is 2. The van der Waals surface area contributed by atoms with Gasteiger partial charge in [-0.3, -0.25) is 0 Å². The quantitative estimate of drug-likeness (QED) is 0.754. The molecule has 0 radical (unpaired) electrons. The van der Waals surface area contributed by atoms with Gasteiger partial charge in [0.25, 0.3) is 0 Å². The van der Waals surface area contributed by atoms with Gasteiger partial charge in [0.1, 0.15) is 0 Å². The molecule has 1 aliphatic rings. The number of thioether (sulfide) groups is 1. The molecule has 1 saturated carbocycles. The molecule has 1 aliphatic carbocycles. The van der Waals surface area contributed by atoms with Gasteiger partial charge in [0, 0.05) is 22.1 Å². The van der Waals surface area contributed by atoms with Crippen molar-refractivity contribution in [1.82, 2.24) is 5.32 Å². The molecule has 118 valence electrons. The Kier molecular flexibility index (Phi) is 6.91. The molecule has 0 amide bonds. The lowest BCUT2D eigenvalue weighted by molar-refractivity contribution is 0.249. The van der Waals surface area contributed by atoms with Gasteiger partial charge >= 0.3 is 0 Å². The summed E-state index contributed by atoms with van der Waals surface area (Å²) in [6.45, 7) is 8.19. The van der Waals surface area contributed by atoms with Crippen molar-refractivity contribution in [2.45, 2.75) is 57.1 Å². The summed E-state index contributed by atoms with van der Waals surface area (Å²) >= 11 is 8.38. The monoisotopic (exact) mass is 325 g/mol. The maximum atomic E-state index is 6.29. The molecule has 1 aromatic carbocycles. The zero-order chi connectivity index (χ0) is 15.2. The fraction of sp³-hybridized carbons (Fsp3) is 0.667. The van der Waals surface area contributed by atoms with Gasteiger partial charge in [0.15, 0.2) is 0 Å². The minimum atomic E-state index is 0.649. The summed E-state index contributed by atoms with van der Waals surface area (Å²) in [7, 11) is 0. The van der Waals surface area contributed by atoms with E-state index in [0.717, 1.165) is 29.2 Å². The molecule has 0 heterocycles. The van der Waals surface area contributed by atoms with Crippen LogP contribution >= 0.6 is 23.4 Å². The lowest BCUT2D eigenvalue weighted by atomic mass is 9.80. The first kappa shape index (κ1) is 17.2. The van der Waals surface area contributed by atoms with Gasteiger partial charge in [-0.1, -0.05) is 50.6 Å². The molecule has 4 unspecified atom stereocenters. The fourth-order valence-electron chi connectivity index (χ4n) is 3.44. The summed E-state index contributed by atoms with van der Waals surface area (Å²) in [6.07, 6.45) is 3.87. The van der Waals surface area contributed by atoms with Gasteiger partial charge in [0.05, 0.1) is 0 Å². The molecule has 0 aliphatic heterocycles. The second kappa shape index (κ2) is 8.45. The third-order valence-corrected chi connectivity index (χ3v) is 6.46. The number of rotatable bonds is 6. The first-order chi connectivity index (χ1) is 10.1. The zero-order valence-corrected chi connectivity index (χ0v) is 15.0. The number of halogens is 1. The first-order valence-electron chi connectivity index (χ1n) is 8.20. The van der Waals surface area contributed by atoms with Gasteiger partial charge in [-0.05, 0) is 49.3 Å². The van der Waals surface area contributed by atoms with Gasteiger partial charge in [-0.2, -0.15) is 11.8 Å². The maximum Gasteiger partial charge on any atom is 0.0446 e. The SMILES string of the molecule is CCCNC1CC(C)CC(C)C1SCc1ccccc1Cl. The number of hydrogen-bond donors (Lipinski definition) is 1. The normalized spacial score (nSPS) is 29.5. The van der Waals surface area contributed by atoms with Crippen molar-refractivity contribution in [1.29, 1.82) is 0 Å². The van der Waals surface area contributed by atoms with Crippen LogP contribution in [0.4, 0.5) is 0 Å². The highest BCUT2D eigenvalue weighted by molar-refractivity contribution is 7.99. The van der Waals surface area contributed by atoms with Crippen LogP contribution in [0.2, 0.25) is 5.02 Å². The van der Waals surface area contributed by atoms with Crippen molar-refractivity contribution in [3.05, 3.63) is 34.9 Å². The van der Waals surface area contributed by atoms with Gasteiger partial charge in [-0.15, -0.1) is 0 Å². The largest absolute Gasteiger partial charge is 0.313 e. The molecule has 21 heavy (non-hydrogen) atoms. The van der Waals surface area contributed by atoms with Crippen molar-refractivity contribution in [2.75, 3.05) is 6.54 Å². The predicted octanol–water partition coefficient (Wildman–Crippen LogP) is 5.38. The van der Waals surface area contributed by atoms with Crippen LogP contribution < -0.4 is 5.32 Å². The summed E-state index contributed by atoms with van der Waals surface area (Å²) in [5.74, 6) is 2.63. The topological polar surface area (TPSA) is 12.0 Å². The van der Waals surface area contributed by atoms with Crippen LogP contribution in [0.15, 0.2) is 24.3 Å². The summed E-state index contributed by atoms with van der Waals surface area (Å²) < 4.78 is 0. The minimum absolute atomic E-state index is 0.649. The third-order valence-electron chi connectivity index (χ3n) is 4.43. The maximum absolute atomic E-state index is 6.29. The van der Waals surface area contributed by atoms with E-state index in [9.17, 15) is 0 Å². The van der Waals surface area contributed by atoms with E-state index in [1.807, 2.05) is 12.1 Å². The van der Waals surface area contributed by atoms with Crippen LogP contribution in [0, 0.1) is 11.8 Å². The highest BCUT2D eigenvalue weighted by atomic mass is 35.5. The van der Waals surface area contributed by atoms with E-state index in [1.54, 1.807) is 0 Å². The molecule has 0 spiro atoms. The Morgan fingerprint density at radius 3 is 2.71 bits per heavy atom. The molecular formula is C18H28ClNS. The van der Waals surface area contributed by atoms with E-state index < -0.39 is 0 Å². The Bertz CT molecular complexity index is 437. The summed E-state index contributed by atoms with van der Waals surface area (Å²) in [5.41, 5.74) is 1.27. The van der Waals surface area contributed by atoms with E-state index in [0.29, 0.717) is 11.3 Å². The number of benzene rings is 1. The van der Waals surface area contributed by atoms with E-state index in [4.69, 9.17) is 11.6 Å². The van der Waals surface area contributed by atoms with E-state index in [2.05, 4.69) is 50.0 Å². The van der Waals surface area contributed by atoms with E-state index in [1.165, 1.54) is 24.8 Å². The Hall–Kier alpha value is -0.180. The molecule has 4 atom stereocenters. The molecule has 1 N–H and O–H groups in total. The average Bonchev–Trinajstić information content (AvgIpc) is 2.45. The van der Waals surface area contributed by atoms with Crippen LogP contribution in [0.1, 0.15) is 45.6 Å². The molecule has 1 nitrogen and oxygen atoms in total. The highest BCUT2D eigenvalue weighted by Crippen LogP contribution is 2.38. The zero-order valence-electron chi connectivity index (χ0n) is 13.4. The van der Waals surface area contributed by atoms with Crippen LogP contribution in [0.25, 0.3) is 0 Å². The average molecular weight is 326 g/mol. The molecule has 1 aromatic rings. The summed E-state index contributed by atoms with van der Waals surface area (Å²) in [6, 6.07) is 8.89. The fourth-order valence-corrected chi connectivity index (χ4v) is 5.23. The molecule has 0 saturated heterocycles. The van der Waals surface area contributed by atoms with Crippen molar-refractivity contribution in [2.24, 2.45) is 11.8 Å². The molecule has 2 rings (SSSR count). The smallest absolute Gasteiger partial charge is 0.0446 e. The molecule has 0 aromatic heterocycles. The van der Waals surface area contributed by atoms with Crippen LogP contribution in [0.3, 0.4) is 0 Å². The van der Waals surface area contributed by atoms with Crippen molar-refractivity contribution >= 4 is 23.4 Å². The van der Waals surface area contributed by atoms with Gasteiger partial charge in [0.2, 0.25) is 0 Å². The lowest BCUT2D eigenvalue weighted by Gasteiger charge is -2.40. The second-order valence-corrected chi connectivity index (χ2v) is 8.06. The van der Waals surface area contributed by atoms with Crippen LogP contribution in [-0.4, -0.2) is 17.8 Å². The Morgan fingerprint density at radius 1 is 1.24 bits per heavy atom. The van der Waals surface area contributed by atoms with E-state index in [-0.39, 0.29) is 0 Å². The van der Waals surface area contributed by atoms with Crippen LogP contribution in [0.5, 0.6) is 0 Å². The minimum Gasteiger partial charge on any atom is -0.313 e. The first-order valence-corrected chi connectivity index (χ1v) is 9.62. The summed E-state index contributed by atoms with van der Waals surface area (Å²) in [4.78, 5) is 0. The second-order valence-electron chi connectivity index (χ2n) is 6.48. The van der Waals surface area contributed by atoms with Crippen molar-refractivity contribution in [3.8, 4) is 0 Å². The Labute approximate surface area is 139 Å². The van der Waals surface area contributed by atoms with E-state index >= 15 is 0 Å². The van der Waals surface area contributed by atoms with Crippen LogP contribution in [-0.2, 0) is 5.75 Å². The summed E-state index contributed by atoms with van der Waals surface area (Å²) in [5, 5.41) is 5.38. The lowest BCUT2D eigenvalue weighted by Crippen LogP contribution is -2.46. The Morgan fingerprint density at radius 2 is 2.00 bits per heavy atom. The third kappa shape index (κ3) is 4.91. The van der Waals surface area contributed by atoms with Gasteiger partial charge in [-0.25, -0.2) is 0 Å². The Balaban J connectivity index is 1.98. The predicted molar refractivity (Wildman–Crippen MR) is 96.2 cm³/mol. The van der Waals surface area contributed by atoms with Gasteiger partial charge < -0.3 is 5.32 Å². The highest BCUT2D eigenvalue weighted by Gasteiger charge is 2.33. The number of nitrogens with one attached hydrogen (secondary N) is 1. The molecule has 0 bridgehead atoms. The molecule has 3 heteroatoms. The molecular weight excluding hydrogens is 298 g/mol. The van der Waals surface area contributed by atoms with Crippen molar-refractivity contribution in [3.63, 3.8) is 0 Å². The standard InChI is InChI=1S/C18H28ClNS/c1-4-9-20-17-11-13(2)10-14(3)18(17)21-12-15-7-5-6-8-16(15)19/h5-8,13-14,17-18,20H,4,9-12H2,1-3H3. The van der Waals surface area contributed by atoms with Crippen molar-refractivity contribution < 1.29 is 0 Å².